The first-order valence-corrected chi connectivity index (χ1v) is 7.90. The molecule has 1 amide bonds. The lowest BCUT2D eigenvalue weighted by molar-refractivity contribution is 0.0687. The van der Waals surface area contributed by atoms with Crippen LogP contribution in [0, 0.1) is 9.49 Å². The van der Waals surface area contributed by atoms with Crippen molar-refractivity contribution in [3.8, 4) is 5.75 Å². The minimum Gasteiger partial charge on any atom is -0.507 e. The molecule has 1 fully saturated rings. The van der Waals surface area contributed by atoms with Gasteiger partial charge in [0.1, 0.15) is 5.75 Å². The number of carbonyl (C=O) groups is 1. The van der Waals surface area contributed by atoms with Crippen molar-refractivity contribution in [2.75, 3.05) is 13.1 Å². The highest BCUT2D eigenvalue weighted by molar-refractivity contribution is 14.1. The molecule has 1 aromatic rings. The van der Waals surface area contributed by atoms with Gasteiger partial charge in [0.2, 0.25) is 0 Å². The standard InChI is InChI=1S/C13H15BrINO2/c1-8-7-16(5-4-11(8)14)13(18)10-6-9(15)2-3-12(10)17/h2-3,6,8,11,17H,4-5,7H2,1H3. The number of carbonyl (C=O) groups excluding carboxylic acids is 1. The van der Waals surface area contributed by atoms with Crippen molar-refractivity contribution in [1.82, 2.24) is 4.90 Å². The Morgan fingerprint density at radius 2 is 2.28 bits per heavy atom. The quantitative estimate of drug-likeness (QED) is 0.556. The number of alkyl halides is 1. The van der Waals surface area contributed by atoms with Gasteiger partial charge in [-0.3, -0.25) is 4.79 Å². The van der Waals surface area contributed by atoms with Gasteiger partial charge in [0.15, 0.2) is 0 Å². The van der Waals surface area contributed by atoms with Crippen molar-refractivity contribution in [3.05, 3.63) is 27.3 Å². The fraction of sp³-hybridized carbons (Fsp3) is 0.462. The number of amides is 1. The van der Waals surface area contributed by atoms with Crippen molar-refractivity contribution in [2.45, 2.75) is 18.2 Å². The van der Waals surface area contributed by atoms with Gasteiger partial charge in [-0.15, -0.1) is 0 Å². The molecule has 1 heterocycles. The molecule has 1 aliphatic heterocycles. The van der Waals surface area contributed by atoms with Crippen LogP contribution in [-0.4, -0.2) is 33.8 Å². The van der Waals surface area contributed by atoms with Crippen molar-refractivity contribution >= 4 is 44.4 Å². The normalized spacial score (nSPS) is 24.1. The van der Waals surface area contributed by atoms with E-state index in [2.05, 4.69) is 45.4 Å². The van der Waals surface area contributed by atoms with Crippen LogP contribution in [0.3, 0.4) is 0 Å². The summed E-state index contributed by atoms with van der Waals surface area (Å²) in [5, 5.41) is 9.79. The fourth-order valence-electron chi connectivity index (χ4n) is 2.15. The Labute approximate surface area is 129 Å². The summed E-state index contributed by atoms with van der Waals surface area (Å²) >= 11 is 5.77. The maximum absolute atomic E-state index is 12.4. The number of halogens is 2. The van der Waals surface area contributed by atoms with Gasteiger partial charge < -0.3 is 10.0 Å². The molecule has 2 rings (SSSR count). The van der Waals surface area contributed by atoms with Crippen LogP contribution < -0.4 is 0 Å². The molecule has 98 valence electrons. The van der Waals surface area contributed by atoms with Crippen molar-refractivity contribution in [1.29, 1.82) is 0 Å². The summed E-state index contributed by atoms with van der Waals surface area (Å²) in [6, 6.07) is 5.11. The molecule has 0 bridgehead atoms. The Morgan fingerprint density at radius 3 is 2.94 bits per heavy atom. The third-order valence-corrected chi connectivity index (χ3v) is 5.31. The molecule has 1 aliphatic rings. The highest BCUT2D eigenvalue weighted by atomic mass is 127. The first-order chi connectivity index (χ1) is 8.49. The molecule has 1 aromatic carbocycles. The van der Waals surface area contributed by atoms with Crippen LogP contribution in [0.25, 0.3) is 0 Å². The summed E-state index contributed by atoms with van der Waals surface area (Å²) in [5.41, 5.74) is 0.405. The first kappa shape index (κ1) is 14.1. The van der Waals surface area contributed by atoms with Crippen molar-refractivity contribution < 1.29 is 9.90 Å². The van der Waals surface area contributed by atoms with E-state index in [0.29, 0.717) is 16.3 Å². The summed E-state index contributed by atoms with van der Waals surface area (Å²) in [4.78, 5) is 14.7. The van der Waals surface area contributed by atoms with E-state index in [1.54, 1.807) is 18.2 Å². The molecule has 0 saturated carbocycles. The lowest BCUT2D eigenvalue weighted by Gasteiger charge is -2.34. The Bertz CT molecular complexity index is 466. The lowest BCUT2D eigenvalue weighted by atomic mass is 9.99. The predicted octanol–water partition coefficient (Wildman–Crippen LogP) is 3.24. The SMILES string of the molecule is CC1CN(C(=O)c2cc(I)ccc2O)CCC1Br. The molecule has 2 unspecified atom stereocenters. The fourth-order valence-corrected chi connectivity index (χ4v) is 3.01. The van der Waals surface area contributed by atoms with E-state index in [9.17, 15) is 9.90 Å². The molecule has 1 saturated heterocycles. The molecule has 2 atom stereocenters. The molecule has 5 heteroatoms. The monoisotopic (exact) mass is 423 g/mol. The third-order valence-electron chi connectivity index (χ3n) is 3.28. The van der Waals surface area contributed by atoms with Crippen LogP contribution in [0.5, 0.6) is 5.75 Å². The number of piperidine rings is 1. The van der Waals surface area contributed by atoms with Gasteiger partial charge in [-0.25, -0.2) is 0 Å². The summed E-state index contributed by atoms with van der Waals surface area (Å²) in [7, 11) is 0. The second-order valence-electron chi connectivity index (χ2n) is 4.69. The van der Waals surface area contributed by atoms with E-state index < -0.39 is 0 Å². The first-order valence-electron chi connectivity index (χ1n) is 5.91. The van der Waals surface area contributed by atoms with Gasteiger partial charge in [0.25, 0.3) is 5.91 Å². The predicted molar refractivity (Wildman–Crippen MR) is 83.2 cm³/mol. The number of nitrogens with zero attached hydrogens (tertiary/aromatic N) is 1. The largest absolute Gasteiger partial charge is 0.507 e. The molecule has 0 radical (unpaired) electrons. The Kier molecular flexibility index (Phi) is 4.53. The number of likely N-dealkylation sites (tertiary alicyclic amines) is 1. The number of benzene rings is 1. The van der Waals surface area contributed by atoms with E-state index in [4.69, 9.17) is 0 Å². The van der Waals surface area contributed by atoms with Crippen LogP contribution in [0.15, 0.2) is 18.2 Å². The Hall–Kier alpha value is -0.300. The molecule has 3 nitrogen and oxygen atoms in total. The topological polar surface area (TPSA) is 40.5 Å². The molecule has 0 spiro atoms. The zero-order chi connectivity index (χ0) is 13.3. The smallest absolute Gasteiger partial charge is 0.257 e. The number of aromatic hydroxyl groups is 1. The van der Waals surface area contributed by atoms with Crippen molar-refractivity contribution in [3.63, 3.8) is 0 Å². The lowest BCUT2D eigenvalue weighted by Crippen LogP contribution is -2.43. The molecule has 0 aliphatic carbocycles. The number of hydrogen-bond donors (Lipinski definition) is 1. The molecular weight excluding hydrogens is 409 g/mol. The molecule has 0 aromatic heterocycles. The van der Waals surface area contributed by atoms with Crippen LogP contribution >= 0.6 is 38.5 Å². The second kappa shape index (κ2) is 5.77. The summed E-state index contributed by atoms with van der Waals surface area (Å²) in [5.74, 6) is 0.430. The van der Waals surface area contributed by atoms with Gasteiger partial charge in [-0.05, 0) is 53.1 Å². The maximum Gasteiger partial charge on any atom is 0.257 e. The van der Waals surface area contributed by atoms with Gasteiger partial charge >= 0.3 is 0 Å². The Morgan fingerprint density at radius 1 is 1.56 bits per heavy atom. The number of phenolic OH excluding ortho intramolecular Hbond substituents is 1. The van der Waals surface area contributed by atoms with Crippen LogP contribution in [0.2, 0.25) is 0 Å². The average Bonchev–Trinajstić information content (AvgIpc) is 2.35. The van der Waals surface area contributed by atoms with E-state index >= 15 is 0 Å². The Balaban J connectivity index is 2.19. The van der Waals surface area contributed by atoms with E-state index in [0.717, 1.165) is 23.1 Å². The van der Waals surface area contributed by atoms with E-state index in [1.165, 1.54) is 0 Å². The molecule has 18 heavy (non-hydrogen) atoms. The van der Waals surface area contributed by atoms with Gasteiger partial charge in [0.05, 0.1) is 5.56 Å². The van der Waals surface area contributed by atoms with Gasteiger partial charge in [-0.1, -0.05) is 22.9 Å². The summed E-state index contributed by atoms with van der Waals surface area (Å²) in [6.07, 6.45) is 0.956. The highest BCUT2D eigenvalue weighted by Crippen LogP contribution is 2.27. The second-order valence-corrected chi connectivity index (χ2v) is 7.12. The summed E-state index contributed by atoms with van der Waals surface area (Å²) < 4.78 is 0.956. The number of hydrogen-bond acceptors (Lipinski definition) is 2. The van der Waals surface area contributed by atoms with Crippen molar-refractivity contribution in [2.24, 2.45) is 5.92 Å². The summed E-state index contributed by atoms with van der Waals surface area (Å²) in [6.45, 7) is 3.61. The molecule has 1 N–H and O–H groups in total. The van der Waals surface area contributed by atoms with Gasteiger partial charge in [0, 0.05) is 21.5 Å². The van der Waals surface area contributed by atoms with E-state index in [-0.39, 0.29) is 11.7 Å². The highest BCUT2D eigenvalue weighted by Gasteiger charge is 2.28. The number of phenols is 1. The van der Waals surface area contributed by atoms with Crippen LogP contribution in [0.1, 0.15) is 23.7 Å². The maximum atomic E-state index is 12.4. The van der Waals surface area contributed by atoms with Crippen LogP contribution in [0.4, 0.5) is 0 Å². The van der Waals surface area contributed by atoms with E-state index in [1.807, 2.05) is 4.90 Å². The number of rotatable bonds is 1. The van der Waals surface area contributed by atoms with Gasteiger partial charge in [-0.2, -0.15) is 0 Å². The average molecular weight is 424 g/mol. The van der Waals surface area contributed by atoms with Crippen LogP contribution in [-0.2, 0) is 0 Å². The minimum absolute atomic E-state index is 0.0639. The molecular formula is C13H15BrINO2. The zero-order valence-corrected chi connectivity index (χ0v) is 13.8. The minimum atomic E-state index is -0.0720. The zero-order valence-electron chi connectivity index (χ0n) is 10.1. The third kappa shape index (κ3) is 2.99.